The normalized spacial score (nSPS) is 11.1. The minimum Gasteiger partial charge on any atom is -0.337 e. The first-order valence-electron chi connectivity index (χ1n) is 6.07. The fourth-order valence-electron chi connectivity index (χ4n) is 1.62. The smallest absolute Gasteiger partial charge is 0.328 e. The van der Waals surface area contributed by atoms with Crippen LogP contribution < -0.4 is 10.0 Å². The van der Waals surface area contributed by atoms with Crippen molar-refractivity contribution in [1.82, 2.24) is 10.0 Å². The van der Waals surface area contributed by atoms with E-state index in [1.165, 1.54) is 6.07 Å². The van der Waals surface area contributed by atoms with Crippen LogP contribution in [0.25, 0.3) is 0 Å². The van der Waals surface area contributed by atoms with Gasteiger partial charge in [0.25, 0.3) is 10.0 Å². The summed E-state index contributed by atoms with van der Waals surface area (Å²) in [5, 5.41) is 2.53. The lowest BCUT2D eigenvalue weighted by atomic mass is 10.1. The lowest BCUT2D eigenvalue weighted by Gasteiger charge is -2.07. The van der Waals surface area contributed by atoms with Crippen molar-refractivity contribution in [2.45, 2.75) is 10.6 Å². The number of benzene rings is 1. The average Bonchev–Trinajstić information content (AvgIpc) is 2.87. The fraction of sp³-hybridized carbons (Fsp3) is 0.154. The van der Waals surface area contributed by atoms with E-state index >= 15 is 0 Å². The second kappa shape index (κ2) is 7.06. The summed E-state index contributed by atoms with van der Waals surface area (Å²) >= 11 is 4.23. The highest BCUT2D eigenvalue weighted by molar-refractivity contribution is 9.11. The van der Waals surface area contributed by atoms with Crippen molar-refractivity contribution in [3.63, 3.8) is 0 Å². The SMILES string of the molecule is O=C(NCCc1ccccc1)NS(=O)(=O)c1ccc(Br)s1. The Balaban J connectivity index is 1.84. The largest absolute Gasteiger partial charge is 0.337 e. The average molecular weight is 389 g/mol. The number of thiophene rings is 1. The van der Waals surface area contributed by atoms with Gasteiger partial charge in [0.2, 0.25) is 0 Å². The number of sulfonamides is 1. The van der Waals surface area contributed by atoms with Gasteiger partial charge in [0.1, 0.15) is 4.21 Å². The molecule has 1 aromatic carbocycles. The molecule has 2 aromatic rings. The number of hydrogen-bond donors (Lipinski definition) is 2. The summed E-state index contributed by atoms with van der Waals surface area (Å²) in [7, 11) is -3.81. The van der Waals surface area contributed by atoms with E-state index in [1.807, 2.05) is 35.1 Å². The lowest BCUT2D eigenvalue weighted by Crippen LogP contribution is -2.39. The molecule has 0 aliphatic carbocycles. The van der Waals surface area contributed by atoms with Crippen LogP contribution in [0.5, 0.6) is 0 Å². The number of nitrogens with one attached hydrogen (secondary N) is 2. The number of hydrogen-bond acceptors (Lipinski definition) is 4. The molecule has 5 nitrogen and oxygen atoms in total. The molecule has 0 radical (unpaired) electrons. The van der Waals surface area contributed by atoms with Crippen LogP contribution in [0.3, 0.4) is 0 Å². The van der Waals surface area contributed by atoms with E-state index in [4.69, 9.17) is 0 Å². The molecule has 0 fully saturated rings. The number of carbonyl (C=O) groups excluding carboxylic acids is 1. The summed E-state index contributed by atoms with van der Waals surface area (Å²) in [6, 6.07) is 12.0. The van der Waals surface area contributed by atoms with Crippen molar-refractivity contribution < 1.29 is 13.2 Å². The molecular formula is C13H13BrN2O3S2. The highest BCUT2D eigenvalue weighted by Crippen LogP contribution is 2.25. The first-order valence-corrected chi connectivity index (χ1v) is 9.16. The topological polar surface area (TPSA) is 75.3 Å². The van der Waals surface area contributed by atoms with Gasteiger partial charge in [-0.1, -0.05) is 30.3 Å². The summed E-state index contributed by atoms with van der Waals surface area (Å²) < 4.78 is 26.6. The van der Waals surface area contributed by atoms with Crippen LogP contribution in [-0.4, -0.2) is 21.0 Å². The van der Waals surface area contributed by atoms with Gasteiger partial charge in [-0.15, -0.1) is 11.3 Å². The first kappa shape index (κ1) is 16.0. The van der Waals surface area contributed by atoms with Crippen LogP contribution in [-0.2, 0) is 16.4 Å². The van der Waals surface area contributed by atoms with Crippen molar-refractivity contribution in [3.8, 4) is 0 Å². The molecule has 8 heteroatoms. The standard InChI is InChI=1S/C13H13BrN2O3S2/c14-11-6-7-12(20-11)21(18,19)16-13(17)15-9-8-10-4-2-1-3-5-10/h1-7H,8-9H2,(H2,15,16,17). The van der Waals surface area contributed by atoms with E-state index in [9.17, 15) is 13.2 Å². The number of halogens is 1. The van der Waals surface area contributed by atoms with Crippen LogP contribution in [0.4, 0.5) is 4.79 Å². The van der Waals surface area contributed by atoms with Gasteiger partial charge in [-0.3, -0.25) is 0 Å². The highest BCUT2D eigenvalue weighted by Gasteiger charge is 2.19. The van der Waals surface area contributed by atoms with Gasteiger partial charge in [-0.25, -0.2) is 17.9 Å². The van der Waals surface area contributed by atoms with Crippen LogP contribution in [0.15, 0.2) is 50.5 Å². The number of carbonyl (C=O) groups is 1. The van der Waals surface area contributed by atoms with Gasteiger partial charge in [0, 0.05) is 6.54 Å². The molecule has 0 saturated carbocycles. The molecule has 0 aliphatic heterocycles. The summed E-state index contributed by atoms with van der Waals surface area (Å²) in [5.74, 6) is 0. The third kappa shape index (κ3) is 4.83. The van der Waals surface area contributed by atoms with E-state index in [0.29, 0.717) is 16.8 Å². The number of rotatable bonds is 5. The molecule has 0 aliphatic rings. The molecule has 0 atom stereocenters. The van der Waals surface area contributed by atoms with Crippen molar-refractivity contribution in [2.75, 3.05) is 6.54 Å². The van der Waals surface area contributed by atoms with E-state index < -0.39 is 16.1 Å². The van der Waals surface area contributed by atoms with Crippen molar-refractivity contribution >= 4 is 43.3 Å². The predicted molar refractivity (Wildman–Crippen MR) is 85.9 cm³/mol. The Labute approximate surface area is 135 Å². The van der Waals surface area contributed by atoms with Gasteiger partial charge in [0.05, 0.1) is 3.79 Å². The van der Waals surface area contributed by atoms with Gasteiger partial charge in [-0.2, -0.15) is 0 Å². The second-order valence-electron chi connectivity index (χ2n) is 4.16. The Hall–Kier alpha value is -1.38. The van der Waals surface area contributed by atoms with Crippen LogP contribution in [0, 0.1) is 0 Å². The number of amides is 2. The third-order valence-electron chi connectivity index (χ3n) is 2.58. The molecule has 2 N–H and O–H groups in total. The molecule has 2 amide bonds. The summed E-state index contributed by atoms with van der Waals surface area (Å²) in [5.41, 5.74) is 1.07. The molecule has 0 saturated heterocycles. The maximum absolute atomic E-state index is 11.9. The maximum Gasteiger partial charge on any atom is 0.328 e. The van der Waals surface area contributed by atoms with Crippen molar-refractivity contribution in [2.24, 2.45) is 0 Å². The first-order chi connectivity index (χ1) is 9.97. The van der Waals surface area contributed by atoms with E-state index in [1.54, 1.807) is 6.07 Å². The predicted octanol–water partition coefficient (Wildman–Crippen LogP) is 2.74. The Morgan fingerprint density at radius 3 is 2.48 bits per heavy atom. The Morgan fingerprint density at radius 1 is 1.14 bits per heavy atom. The molecule has 1 heterocycles. The molecule has 112 valence electrons. The monoisotopic (exact) mass is 388 g/mol. The maximum atomic E-state index is 11.9. The van der Waals surface area contributed by atoms with Crippen LogP contribution >= 0.6 is 27.3 Å². The fourth-order valence-corrected chi connectivity index (χ4v) is 4.55. The zero-order valence-electron chi connectivity index (χ0n) is 10.9. The van der Waals surface area contributed by atoms with Crippen molar-refractivity contribution in [3.05, 3.63) is 51.8 Å². The van der Waals surface area contributed by atoms with Crippen LogP contribution in [0.1, 0.15) is 5.56 Å². The van der Waals surface area contributed by atoms with Gasteiger partial charge in [0.15, 0.2) is 0 Å². The second-order valence-corrected chi connectivity index (χ2v) is 8.53. The minimum atomic E-state index is -3.81. The summed E-state index contributed by atoms with van der Waals surface area (Å²) in [6.07, 6.45) is 0.638. The zero-order valence-corrected chi connectivity index (χ0v) is 14.1. The molecule has 21 heavy (non-hydrogen) atoms. The molecule has 0 bridgehead atoms. The van der Waals surface area contributed by atoms with E-state index in [2.05, 4.69) is 21.2 Å². The lowest BCUT2D eigenvalue weighted by molar-refractivity contribution is 0.246. The van der Waals surface area contributed by atoms with E-state index in [0.717, 1.165) is 16.9 Å². The van der Waals surface area contributed by atoms with Gasteiger partial charge >= 0.3 is 6.03 Å². The Bertz CT molecular complexity index is 714. The quantitative estimate of drug-likeness (QED) is 0.826. The summed E-state index contributed by atoms with van der Waals surface area (Å²) in [6.45, 7) is 0.361. The van der Waals surface area contributed by atoms with Crippen molar-refractivity contribution in [1.29, 1.82) is 0 Å². The Kier molecular flexibility index (Phi) is 5.38. The number of urea groups is 1. The van der Waals surface area contributed by atoms with Gasteiger partial charge in [-0.05, 0) is 40.0 Å². The third-order valence-corrected chi connectivity index (χ3v) is 6.03. The zero-order chi connectivity index (χ0) is 15.3. The minimum absolute atomic E-state index is 0.0904. The molecule has 1 aromatic heterocycles. The van der Waals surface area contributed by atoms with Gasteiger partial charge < -0.3 is 5.32 Å². The highest BCUT2D eigenvalue weighted by atomic mass is 79.9. The molecule has 0 unspecified atom stereocenters. The molecular weight excluding hydrogens is 376 g/mol. The van der Waals surface area contributed by atoms with Crippen LogP contribution in [0.2, 0.25) is 0 Å². The Morgan fingerprint density at radius 2 is 1.86 bits per heavy atom. The summed E-state index contributed by atoms with van der Waals surface area (Å²) in [4.78, 5) is 11.6. The van der Waals surface area contributed by atoms with E-state index in [-0.39, 0.29) is 4.21 Å². The molecule has 0 spiro atoms. The molecule has 2 rings (SSSR count).